The molecule has 4 atom stereocenters. The molecule has 0 unspecified atom stereocenters. The van der Waals surface area contributed by atoms with Crippen LogP contribution in [-0.2, 0) is 4.79 Å². The number of nitrogens with zero attached hydrogens (tertiary/aromatic N) is 3. The molecule has 2 aromatic rings. The van der Waals surface area contributed by atoms with E-state index in [9.17, 15) is 9.18 Å². The summed E-state index contributed by atoms with van der Waals surface area (Å²) in [6.07, 6.45) is 5.52. The van der Waals surface area contributed by atoms with Gasteiger partial charge in [0.15, 0.2) is 11.0 Å². The normalized spacial score (nSPS) is 25.6. The molecule has 0 saturated heterocycles. The molecule has 2 aliphatic rings. The zero-order valence-electron chi connectivity index (χ0n) is 17.3. The minimum atomic E-state index is -0.301. The molecule has 2 saturated carbocycles. The summed E-state index contributed by atoms with van der Waals surface area (Å²) in [6.45, 7) is 6.41. The summed E-state index contributed by atoms with van der Waals surface area (Å²) in [6, 6.07) is 7.18. The Morgan fingerprint density at radius 1 is 1.21 bits per heavy atom. The molecule has 1 amide bonds. The number of carbonyl (C=O) groups is 1. The second-order valence-corrected chi connectivity index (χ2v) is 9.84. The Hall–Kier alpha value is -1.89. The van der Waals surface area contributed by atoms with Crippen LogP contribution in [0.3, 0.4) is 0 Å². The van der Waals surface area contributed by atoms with E-state index in [1.165, 1.54) is 30.7 Å². The predicted molar refractivity (Wildman–Crippen MR) is 113 cm³/mol. The Morgan fingerprint density at radius 3 is 2.69 bits per heavy atom. The van der Waals surface area contributed by atoms with Gasteiger partial charge in [-0.1, -0.05) is 50.6 Å². The maximum absolute atomic E-state index is 14.3. The van der Waals surface area contributed by atoms with Gasteiger partial charge in [0.2, 0.25) is 5.91 Å². The van der Waals surface area contributed by atoms with Gasteiger partial charge in [0.1, 0.15) is 5.82 Å². The third kappa shape index (κ3) is 4.34. The quantitative estimate of drug-likeness (QED) is 0.685. The first-order valence-corrected chi connectivity index (χ1v) is 11.5. The Labute approximate surface area is 175 Å². The first-order chi connectivity index (χ1) is 14.0. The van der Waals surface area contributed by atoms with E-state index in [1.807, 2.05) is 11.5 Å². The maximum Gasteiger partial charge on any atom is 0.233 e. The van der Waals surface area contributed by atoms with Gasteiger partial charge >= 0.3 is 0 Å². The van der Waals surface area contributed by atoms with Gasteiger partial charge in [-0.3, -0.25) is 9.36 Å². The van der Waals surface area contributed by atoms with Gasteiger partial charge in [-0.25, -0.2) is 4.39 Å². The van der Waals surface area contributed by atoms with E-state index in [2.05, 4.69) is 29.4 Å². The smallest absolute Gasteiger partial charge is 0.233 e. The maximum atomic E-state index is 14.3. The van der Waals surface area contributed by atoms with Crippen LogP contribution in [0.25, 0.3) is 11.4 Å². The molecule has 7 heteroatoms. The van der Waals surface area contributed by atoms with Crippen LogP contribution >= 0.6 is 11.8 Å². The van der Waals surface area contributed by atoms with Crippen molar-refractivity contribution in [2.75, 3.05) is 0 Å². The van der Waals surface area contributed by atoms with Crippen LogP contribution in [0.5, 0.6) is 0 Å². The van der Waals surface area contributed by atoms with Crippen molar-refractivity contribution in [1.29, 1.82) is 0 Å². The summed E-state index contributed by atoms with van der Waals surface area (Å²) < 4.78 is 16.3. The monoisotopic (exact) mass is 416 g/mol. The van der Waals surface area contributed by atoms with Crippen LogP contribution in [0.1, 0.15) is 58.9 Å². The molecular formula is C22H29FN4OS. The number of rotatable bonds is 6. The Morgan fingerprint density at radius 2 is 1.97 bits per heavy atom. The summed E-state index contributed by atoms with van der Waals surface area (Å²) >= 11 is 1.41. The number of hydrogen-bond donors (Lipinski definition) is 1. The highest BCUT2D eigenvalue weighted by Gasteiger charge is 2.33. The van der Waals surface area contributed by atoms with E-state index in [0.29, 0.717) is 28.4 Å². The van der Waals surface area contributed by atoms with Gasteiger partial charge in [-0.05, 0) is 50.2 Å². The summed E-state index contributed by atoms with van der Waals surface area (Å²) in [4.78, 5) is 12.8. The molecular weight excluding hydrogens is 387 g/mol. The van der Waals surface area contributed by atoms with E-state index >= 15 is 0 Å². The van der Waals surface area contributed by atoms with Crippen molar-refractivity contribution < 1.29 is 9.18 Å². The highest BCUT2D eigenvalue weighted by molar-refractivity contribution is 8.00. The molecule has 0 spiro atoms. The SMILES string of the molecule is C[C@@H]1[C@@H](C)CCC[C@H]1NC(=O)[C@@H](C)Sc1nnc(-c2ccccc2F)n1C1CC1. The topological polar surface area (TPSA) is 59.8 Å². The second kappa shape index (κ2) is 8.46. The van der Waals surface area contributed by atoms with Crippen molar-refractivity contribution in [2.45, 2.75) is 75.4 Å². The lowest BCUT2D eigenvalue weighted by molar-refractivity contribution is -0.121. The molecule has 2 fully saturated rings. The van der Waals surface area contributed by atoms with E-state index in [4.69, 9.17) is 0 Å². The molecule has 2 aliphatic carbocycles. The van der Waals surface area contributed by atoms with Crippen molar-refractivity contribution in [3.63, 3.8) is 0 Å². The lowest BCUT2D eigenvalue weighted by Crippen LogP contribution is -2.46. The summed E-state index contributed by atoms with van der Waals surface area (Å²) in [5.74, 6) is 1.42. The lowest BCUT2D eigenvalue weighted by Gasteiger charge is -2.35. The molecule has 0 bridgehead atoms. The van der Waals surface area contributed by atoms with Gasteiger partial charge in [-0.15, -0.1) is 10.2 Å². The van der Waals surface area contributed by atoms with Crippen molar-refractivity contribution in [1.82, 2.24) is 20.1 Å². The summed E-state index contributed by atoms with van der Waals surface area (Å²) in [5.41, 5.74) is 0.459. The van der Waals surface area contributed by atoms with Crippen LogP contribution in [-0.4, -0.2) is 32.0 Å². The molecule has 1 aromatic heterocycles. The van der Waals surface area contributed by atoms with Crippen LogP contribution in [0.4, 0.5) is 4.39 Å². The fourth-order valence-electron chi connectivity index (χ4n) is 4.14. The van der Waals surface area contributed by atoms with Gasteiger partial charge in [-0.2, -0.15) is 0 Å². The van der Waals surface area contributed by atoms with E-state index in [-0.39, 0.29) is 29.1 Å². The van der Waals surface area contributed by atoms with E-state index < -0.39 is 0 Å². The largest absolute Gasteiger partial charge is 0.352 e. The average molecular weight is 417 g/mol. The average Bonchev–Trinajstić information content (AvgIpc) is 3.46. The highest BCUT2D eigenvalue weighted by atomic mass is 32.2. The van der Waals surface area contributed by atoms with Gasteiger partial charge in [0, 0.05) is 12.1 Å². The summed E-state index contributed by atoms with van der Waals surface area (Å²) in [5, 5.41) is 12.3. The number of aromatic nitrogens is 3. The zero-order valence-corrected chi connectivity index (χ0v) is 18.1. The number of hydrogen-bond acceptors (Lipinski definition) is 4. The molecule has 0 radical (unpaired) electrons. The van der Waals surface area contributed by atoms with Gasteiger partial charge in [0.25, 0.3) is 0 Å². The van der Waals surface area contributed by atoms with Crippen molar-refractivity contribution in [2.24, 2.45) is 11.8 Å². The molecule has 1 heterocycles. The fourth-order valence-corrected chi connectivity index (χ4v) is 5.07. The zero-order chi connectivity index (χ0) is 20.5. The van der Waals surface area contributed by atoms with Crippen molar-refractivity contribution >= 4 is 17.7 Å². The lowest BCUT2D eigenvalue weighted by atomic mass is 9.78. The fraction of sp³-hybridized carbons (Fsp3) is 0.591. The minimum Gasteiger partial charge on any atom is -0.352 e. The Kier molecular flexibility index (Phi) is 5.95. The molecule has 1 N–H and O–H groups in total. The Balaban J connectivity index is 1.49. The number of thioether (sulfide) groups is 1. The van der Waals surface area contributed by atoms with Crippen LogP contribution in [0, 0.1) is 17.7 Å². The standard InChI is InChI=1S/C22H29FN4OS/c1-13-7-6-10-19(14(13)2)24-21(28)15(3)29-22-26-25-20(27(22)16-11-12-16)17-8-4-5-9-18(17)23/h4-5,8-9,13-16,19H,6-7,10-12H2,1-3H3,(H,24,28)/t13-,14+,15+,19+/m0/s1. The summed E-state index contributed by atoms with van der Waals surface area (Å²) in [7, 11) is 0. The van der Waals surface area contributed by atoms with Crippen molar-refractivity contribution in [3.8, 4) is 11.4 Å². The molecule has 5 nitrogen and oxygen atoms in total. The van der Waals surface area contributed by atoms with Gasteiger partial charge in [0.05, 0.1) is 10.8 Å². The molecule has 156 valence electrons. The number of amides is 1. The van der Waals surface area contributed by atoms with Crippen LogP contribution < -0.4 is 5.32 Å². The number of benzene rings is 1. The Bertz CT molecular complexity index is 881. The predicted octanol–water partition coefficient (Wildman–Crippen LogP) is 4.84. The molecule has 1 aromatic carbocycles. The van der Waals surface area contributed by atoms with E-state index in [0.717, 1.165) is 19.3 Å². The van der Waals surface area contributed by atoms with Crippen LogP contribution in [0.2, 0.25) is 0 Å². The highest BCUT2D eigenvalue weighted by Crippen LogP contribution is 2.42. The molecule has 4 rings (SSSR count). The third-order valence-corrected chi connectivity index (χ3v) is 7.43. The number of halogens is 1. The number of nitrogens with one attached hydrogen (secondary N) is 1. The third-order valence-electron chi connectivity index (χ3n) is 6.38. The number of carbonyl (C=O) groups excluding carboxylic acids is 1. The minimum absolute atomic E-state index is 0.0405. The van der Waals surface area contributed by atoms with Gasteiger partial charge < -0.3 is 5.32 Å². The first-order valence-electron chi connectivity index (χ1n) is 10.6. The van der Waals surface area contributed by atoms with Crippen LogP contribution in [0.15, 0.2) is 29.4 Å². The molecule has 0 aliphatic heterocycles. The van der Waals surface area contributed by atoms with Crippen molar-refractivity contribution in [3.05, 3.63) is 30.1 Å². The second-order valence-electron chi connectivity index (χ2n) is 8.53. The molecule has 29 heavy (non-hydrogen) atoms. The van der Waals surface area contributed by atoms with E-state index in [1.54, 1.807) is 18.2 Å². The first kappa shape index (κ1) is 20.4.